The molecule has 1 fully saturated rings. The number of ether oxygens (including phenoxy) is 2. The van der Waals surface area contributed by atoms with Crippen molar-refractivity contribution in [3.63, 3.8) is 0 Å². The molecule has 1 heterocycles. The molecule has 0 bridgehead atoms. The van der Waals surface area contributed by atoms with Gasteiger partial charge in [-0.2, -0.15) is 0 Å². The second-order valence-corrected chi connectivity index (χ2v) is 5.53. The van der Waals surface area contributed by atoms with Crippen LogP contribution in [0.5, 0.6) is 5.75 Å². The van der Waals surface area contributed by atoms with Crippen LogP contribution in [0, 0.1) is 3.57 Å². The molecule has 0 unspecified atom stereocenters. The quantitative estimate of drug-likeness (QED) is 0.766. The molecule has 0 aliphatic carbocycles. The summed E-state index contributed by atoms with van der Waals surface area (Å²) in [4.78, 5) is 22.9. The summed E-state index contributed by atoms with van der Waals surface area (Å²) in [6, 6.07) is 5.33. The van der Waals surface area contributed by atoms with E-state index in [-0.39, 0.29) is 5.91 Å². The van der Waals surface area contributed by atoms with E-state index < -0.39 is 18.2 Å². The second kappa shape index (κ2) is 6.40. The van der Waals surface area contributed by atoms with Crippen LogP contribution in [0.2, 0.25) is 0 Å². The van der Waals surface area contributed by atoms with Gasteiger partial charge in [-0.25, -0.2) is 4.79 Å². The summed E-state index contributed by atoms with van der Waals surface area (Å²) in [6.45, 7) is 0. The summed E-state index contributed by atoms with van der Waals surface area (Å²) >= 11 is 2.10. The number of carbonyl (C=O) groups excluding carboxylic acids is 1. The van der Waals surface area contributed by atoms with Crippen molar-refractivity contribution in [1.29, 1.82) is 0 Å². The molecule has 1 aromatic rings. The molecular formula is C13H14INO5. The van der Waals surface area contributed by atoms with Crippen LogP contribution in [0.25, 0.3) is 0 Å². The predicted molar refractivity (Wildman–Crippen MR) is 79.9 cm³/mol. The van der Waals surface area contributed by atoms with E-state index in [0.29, 0.717) is 24.3 Å². The fourth-order valence-electron chi connectivity index (χ4n) is 1.95. The van der Waals surface area contributed by atoms with Gasteiger partial charge in [0, 0.05) is 9.64 Å². The highest BCUT2D eigenvalue weighted by molar-refractivity contribution is 14.1. The standard InChI is InChI=1S/C13H14INO5/c1-19-7-2-3-8(14)9(6-7)15-12(16)10-4-5-11(20-10)13(17)18/h2-3,6,10-11H,4-5H2,1H3,(H,15,16)(H,17,18)/t10-,11+/m0/s1. The van der Waals surface area contributed by atoms with E-state index >= 15 is 0 Å². The van der Waals surface area contributed by atoms with Gasteiger partial charge in [0.25, 0.3) is 5.91 Å². The molecule has 0 saturated carbocycles. The van der Waals surface area contributed by atoms with Gasteiger partial charge >= 0.3 is 5.97 Å². The molecule has 0 radical (unpaired) electrons. The number of benzene rings is 1. The number of aliphatic carboxylic acids is 1. The molecule has 6 nitrogen and oxygen atoms in total. The molecule has 0 aromatic heterocycles. The maximum atomic E-state index is 12.1. The van der Waals surface area contributed by atoms with E-state index in [2.05, 4.69) is 27.9 Å². The van der Waals surface area contributed by atoms with Crippen molar-refractivity contribution in [1.82, 2.24) is 0 Å². The smallest absolute Gasteiger partial charge is 0.332 e. The first-order valence-electron chi connectivity index (χ1n) is 6.04. The fourth-order valence-corrected chi connectivity index (χ4v) is 2.42. The number of anilines is 1. The summed E-state index contributed by atoms with van der Waals surface area (Å²) < 4.78 is 11.2. The number of amides is 1. The van der Waals surface area contributed by atoms with Crippen LogP contribution < -0.4 is 10.1 Å². The van der Waals surface area contributed by atoms with E-state index in [9.17, 15) is 9.59 Å². The summed E-state index contributed by atoms with van der Waals surface area (Å²) in [7, 11) is 1.55. The van der Waals surface area contributed by atoms with Crippen molar-refractivity contribution in [2.45, 2.75) is 25.0 Å². The van der Waals surface area contributed by atoms with E-state index in [1.54, 1.807) is 19.2 Å². The zero-order valence-corrected chi connectivity index (χ0v) is 12.9. The number of carbonyl (C=O) groups is 2. The molecule has 1 aliphatic heterocycles. The van der Waals surface area contributed by atoms with Gasteiger partial charge in [-0.3, -0.25) is 4.79 Å². The Balaban J connectivity index is 2.03. The van der Waals surface area contributed by atoms with Crippen molar-refractivity contribution < 1.29 is 24.2 Å². The van der Waals surface area contributed by atoms with Gasteiger partial charge < -0.3 is 19.9 Å². The lowest BCUT2D eigenvalue weighted by atomic mass is 10.2. The molecule has 1 amide bonds. The number of carboxylic acids is 1. The molecule has 2 N–H and O–H groups in total. The van der Waals surface area contributed by atoms with Crippen molar-refractivity contribution in [2.75, 3.05) is 12.4 Å². The third-order valence-corrected chi connectivity index (χ3v) is 3.96. The van der Waals surface area contributed by atoms with E-state index in [0.717, 1.165) is 3.57 Å². The number of hydrogen-bond donors (Lipinski definition) is 2. The van der Waals surface area contributed by atoms with E-state index in [1.165, 1.54) is 0 Å². The molecule has 1 aliphatic rings. The Bertz CT molecular complexity index is 533. The third kappa shape index (κ3) is 3.40. The lowest BCUT2D eigenvalue weighted by Gasteiger charge is -2.13. The van der Waals surface area contributed by atoms with Crippen LogP contribution in [0.15, 0.2) is 18.2 Å². The number of halogens is 1. The molecule has 7 heteroatoms. The number of hydrogen-bond acceptors (Lipinski definition) is 4. The number of nitrogens with one attached hydrogen (secondary N) is 1. The van der Waals surface area contributed by atoms with Gasteiger partial charge in [-0.15, -0.1) is 0 Å². The highest BCUT2D eigenvalue weighted by atomic mass is 127. The SMILES string of the molecule is COc1ccc(I)c(NC(=O)[C@@H]2CC[C@H](C(=O)O)O2)c1. The van der Waals surface area contributed by atoms with E-state index in [4.69, 9.17) is 14.6 Å². The maximum absolute atomic E-state index is 12.1. The minimum atomic E-state index is -1.03. The van der Waals surface area contributed by atoms with Crippen LogP contribution in [-0.2, 0) is 14.3 Å². The molecule has 20 heavy (non-hydrogen) atoms. The first-order chi connectivity index (χ1) is 9.51. The van der Waals surface area contributed by atoms with E-state index in [1.807, 2.05) is 6.07 Å². The zero-order chi connectivity index (χ0) is 14.7. The summed E-state index contributed by atoms with van der Waals surface area (Å²) in [5.74, 6) is -0.729. The fraction of sp³-hybridized carbons (Fsp3) is 0.385. The Morgan fingerprint density at radius 2 is 2.10 bits per heavy atom. The Kier molecular flexibility index (Phi) is 4.81. The van der Waals surface area contributed by atoms with Gasteiger partial charge in [-0.1, -0.05) is 0 Å². The largest absolute Gasteiger partial charge is 0.497 e. The first-order valence-corrected chi connectivity index (χ1v) is 7.12. The average Bonchev–Trinajstić information content (AvgIpc) is 2.91. The normalized spacial score (nSPS) is 21.5. The van der Waals surface area contributed by atoms with Crippen molar-refractivity contribution in [3.05, 3.63) is 21.8 Å². The van der Waals surface area contributed by atoms with Crippen LogP contribution in [-0.4, -0.2) is 36.3 Å². The lowest BCUT2D eigenvalue weighted by molar-refractivity contribution is -0.150. The van der Waals surface area contributed by atoms with Gasteiger partial charge in [-0.05, 0) is 47.6 Å². The lowest BCUT2D eigenvalue weighted by Crippen LogP contribution is -2.30. The average molecular weight is 391 g/mol. The Morgan fingerprint density at radius 1 is 1.40 bits per heavy atom. The highest BCUT2D eigenvalue weighted by Gasteiger charge is 2.34. The Labute approximate surface area is 129 Å². The summed E-state index contributed by atoms with van der Waals surface area (Å²) in [5, 5.41) is 11.6. The van der Waals surface area contributed by atoms with Gasteiger partial charge in [0.1, 0.15) is 11.9 Å². The minimum absolute atomic E-state index is 0.333. The summed E-state index contributed by atoms with van der Waals surface area (Å²) in [5.41, 5.74) is 0.623. The zero-order valence-electron chi connectivity index (χ0n) is 10.8. The molecule has 1 aromatic carbocycles. The monoisotopic (exact) mass is 391 g/mol. The maximum Gasteiger partial charge on any atom is 0.332 e. The number of carboxylic acid groups (broad SMARTS) is 1. The number of rotatable bonds is 4. The molecule has 2 rings (SSSR count). The third-order valence-electron chi connectivity index (χ3n) is 3.02. The Morgan fingerprint density at radius 3 is 2.70 bits per heavy atom. The number of methoxy groups -OCH3 is 1. The van der Waals surface area contributed by atoms with Gasteiger partial charge in [0.05, 0.1) is 12.8 Å². The molecule has 0 spiro atoms. The molecule has 108 valence electrons. The Hall–Kier alpha value is -1.35. The first kappa shape index (κ1) is 15.0. The topological polar surface area (TPSA) is 84.9 Å². The molecular weight excluding hydrogens is 377 g/mol. The predicted octanol–water partition coefficient (Wildman–Crippen LogP) is 1.87. The van der Waals surface area contributed by atoms with Crippen molar-refractivity contribution in [2.24, 2.45) is 0 Å². The second-order valence-electron chi connectivity index (χ2n) is 4.36. The van der Waals surface area contributed by atoms with Crippen LogP contribution in [0.4, 0.5) is 5.69 Å². The van der Waals surface area contributed by atoms with Crippen LogP contribution in [0.1, 0.15) is 12.8 Å². The van der Waals surface area contributed by atoms with Crippen LogP contribution >= 0.6 is 22.6 Å². The summed E-state index contributed by atoms with van der Waals surface area (Å²) in [6.07, 6.45) is -0.861. The van der Waals surface area contributed by atoms with Crippen molar-refractivity contribution in [3.8, 4) is 5.75 Å². The van der Waals surface area contributed by atoms with Crippen LogP contribution in [0.3, 0.4) is 0 Å². The van der Waals surface area contributed by atoms with Gasteiger partial charge in [0.2, 0.25) is 0 Å². The van der Waals surface area contributed by atoms with Crippen molar-refractivity contribution >= 4 is 40.2 Å². The van der Waals surface area contributed by atoms with Gasteiger partial charge in [0.15, 0.2) is 6.10 Å². The molecule has 1 saturated heterocycles. The highest BCUT2D eigenvalue weighted by Crippen LogP contribution is 2.26. The minimum Gasteiger partial charge on any atom is -0.497 e. The molecule has 2 atom stereocenters.